The fraction of sp³-hybridized carbons (Fsp3) is 0.708. The SMILES string of the molecule is Cc1ccccc1CN1CCC(N2CCC(C(=O)NC[C@@H]3CCCO3)CC2)CC1. The molecule has 0 spiro atoms. The Balaban J connectivity index is 1.16. The number of nitrogens with one attached hydrogen (secondary N) is 1. The first-order valence-corrected chi connectivity index (χ1v) is 11.6. The van der Waals surface area contributed by atoms with Gasteiger partial charge in [0.25, 0.3) is 0 Å². The van der Waals surface area contributed by atoms with Crippen molar-refractivity contribution >= 4 is 5.91 Å². The Morgan fingerprint density at radius 3 is 2.52 bits per heavy atom. The van der Waals surface area contributed by atoms with Gasteiger partial charge in [-0.25, -0.2) is 0 Å². The number of carbonyl (C=O) groups excluding carboxylic acids is 1. The summed E-state index contributed by atoms with van der Waals surface area (Å²) in [5.41, 5.74) is 2.86. The van der Waals surface area contributed by atoms with Gasteiger partial charge in [-0.05, 0) is 82.8 Å². The van der Waals surface area contributed by atoms with E-state index in [0.29, 0.717) is 12.6 Å². The van der Waals surface area contributed by atoms with Crippen LogP contribution in [0.3, 0.4) is 0 Å². The molecule has 1 aromatic rings. The molecule has 0 radical (unpaired) electrons. The van der Waals surface area contributed by atoms with Gasteiger partial charge in [0.1, 0.15) is 0 Å². The van der Waals surface area contributed by atoms with Crippen LogP contribution in [-0.2, 0) is 16.1 Å². The van der Waals surface area contributed by atoms with Crippen LogP contribution in [-0.4, -0.2) is 67.2 Å². The van der Waals surface area contributed by atoms with Crippen molar-refractivity contribution in [2.75, 3.05) is 39.3 Å². The van der Waals surface area contributed by atoms with Gasteiger partial charge < -0.3 is 15.0 Å². The molecule has 3 aliphatic rings. The van der Waals surface area contributed by atoms with Gasteiger partial charge in [-0.2, -0.15) is 0 Å². The summed E-state index contributed by atoms with van der Waals surface area (Å²) >= 11 is 0. The van der Waals surface area contributed by atoms with Crippen LogP contribution in [0.2, 0.25) is 0 Å². The molecule has 29 heavy (non-hydrogen) atoms. The number of nitrogens with zero attached hydrogens (tertiary/aromatic N) is 2. The summed E-state index contributed by atoms with van der Waals surface area (Å²) in [6, 6.07) is 9.44. The van der Waals surface area contributed by atoms with Crippen LogP contribution in [0.5, 0.6) is 0 Å². The molecule has 0 bridgehead atoms. The van der Waals surface area contributed by atoms with Gasteiger partial charge in [-0.3, -0.25) is 9.69 Å². The fourth-order valence-electron chi connectivity index (χ4n) is 5.16. The van der Waals surface area contributed by atoms with Crippen molar-refractivity contribution in [1.29, 1.82) is 0 Å². The van der Waals surface area contributed by atoms with Crippen LogP contribution < -0.4 is 5.32 Å². The number of amides is 1. The van der Waals surface area contributed by atoms with Crippen LogP contribution in [0.1, 0.15) is 49.7 Å². The Kier molecular flexibility index (Phi) is 7.22. The standard InChI is InChI=1S/C24H37N3O2/c1-19-5-2-3-6-21(19)18-26-12-10-22(11-13-26)27-14-8-20(9-15-27)24(28)25-17-23-7-4-16-29-23/h2-3,5-6,20,22-23H,4,7-18H2,1H3,(H,25,28)/t23-/m0/s1. The van der Waals surface area contributed by atoms with Crippen molar-refractivity contribution in [3.63, 3.8) is 0 Å². The van der Waals surface area contributed by atoms with E-state index in [9.17, 15) is 4.79 Å². The van der Waals surface area contributed by atoms with Crippen molar-refractivity contribution in [2.45, 2.75) is 64.1 Å². The number of benzene rings is 1. The van der Waals surface area contributed by atoms with E-state index in [1.807, 2.05) is 0 Å². The molecule has 3 heterocycles. The normalized spacial score (nSPS) is 25.3. The minimum atomic E-state index is 0.189. The zero-order valence-corrected chi connectivity index (χ0v) is 17.9. The van der Waals surface area contributed by atoms with E-state index in [1.165, 1.54) is 37.1 Å². The van der Waals surface area contributed by atoms with Crippen molar-refractivity contribution in [3.05, 3.63) is 35.4 Å². The molecule has 160 valence electrons. The third-order valence-corrected chi connectivity index (χ3v) is 7.16. The van der Waals surface area contributed by atoms with E-state index in [2.05, 4.69) is 46.3 Å². The number of likely N-dealkylation sites (tertiary alicyclic amines) is 2. The van der Waals surface area contributed by atoms with Crippen LogP contribution >= 0.6 is 0 Å². The molecule has 3 saturated heterocycles. The molecule has 1 atom stereocenters. The highest BCUT2D eigenvalue weighted by Gasteiger charge is 2.31. The second-order valence-electron chi connectivity index (χ2n) is 9.12. The van der Waals surface area contributed by atoms with Crippen LogP contribution in [0.4, 0.5) is 0 Å². The van der Waals surface area contributed by atoms with Crippen molar-refractivity contribution in [2.24, 2.45) is 5.92 Å². The molecule has 0 unspecified atom stereocenters. The van der Waals surface area contributed by atoms with Gasteiger partial charge in [0.05, 0.1) is 6.10 Å². The predicted molar refractivity (Wildman–Crippen MR) is 116 cm³/mol. The Hall–Kier alpha value is -1.43. The highest BCUT2D eigenvalue weighted by atomic mass is 16.5. The third kappa shape index (κ3) is 5.59. The van der Waals surface area contributed by atoms with Crippen LogP contribution in [0.15, 0.2) is 24.3 Å². The lowest BCUT2D eigenvalue weighted by Crippen LogP contribution is -2.49. The topological polar surface area (TPSA) is 44.8 Å². The van der Waals surface area contributed by atoms with Gasteiger partial charge >= 0.3 is 0 Å². The quantitative estimate of drug-likeness (QED) is 0.799. The number of ether oxygens (including phenoxy) is 1. The van der Waals surface area contributed by atoms with E-state index in [4.69, 9.17) is 4.74 Å². The average molecular weight is 400 g/mol. The van der Waals surface area contributed by atoms with Gasteiger partial charge in [0, 0.05) is 31.7 Å². The molecular weight excluding hydrogens is 362 g/mol. The average Bonchev–Trinajstić information content (AvgIpc) is 3.28. The molecule has 0 saturated carbocycles. The predicted octanol–water partition coefficient (Wildman–Crippen LogP) is 2.97. The van der Waals surface area contributed by atoms with Crippen molar-refractivity contribution < 1.29 is 9.53 Å². The van der Waals surface area contributed by atoms with Gasteiger partial charge in [-0.15, -0.1) is 0 Å². The van der Waals surface area contributed by atoms with E-state index in [1.54, 1.807) is 0 Å². The monoisotopic (exact) mass is 399 g/mol. The van der Waals surface area contributed by atoms with E-state index >= 15 is 0 Å². The fourth-order valence-corrected chi connectivity index (χ4v) is 5.16. The lowest BCUT2D eigenvalue weighted by molar-refractivity contribution is -0.127. The van der Waals surface area contributed by atoms with E-state index in [0.717, 1.165) is 51.9 Å². The van der Waals surface area contributed by atoms with Crippen LogP contribution in [0, 0.1) is 12.8 Å². The first kappa shape index (κ1) is 20.8. The van der Waals surface area contributed by atoms with Crippen molar-refractivity contribution in [3.8, 4) is 0 Å². The summed E-state index contributed by atoms with van der Waals surface area (Å²) in [5, 5.41) is 3.13. The van der Waals surface area contributed by atoms with E-state index in [-0.39, 0.29) is 17.9 Å². The third-order valence-electron chi connectivity index (χ3n) is 7.16. The molecule has 1 aromatic carbocycles. The van der Waals surface area contributed by atoms with Gasteiger partial charge in [0.2, 0.25) is 5.91 Å². The lowest BCUT2D eigenvalue weighted by Gasteiger charge is -2.41. The number of piperidine rings is 2. The summed E-state index contributed by atoms with van der Waals surface area (Å²) in [6.45, 7) is 9.33. The first-order valence-electron chi connectivity index (χ1n) is 11.6. The second kappa shape index (κ2) is 10.1. The molecule has 1 N–H and O–H groups in total. The maximum Gasteiger partial charge on any atom is 0.223 e. The molecular formula is C24H37N3O2. The number of carbonyl (C=O) groups is 1. The number of hydrogen-bond donors (Lipinski definition) is 1. The Morgan fingerprint density at radius 2 is 1.83 bits per heavy atom. The van der Waals surface area contributed by atoms with Gasteiger partial charge in [0.15, 0.2) is 0 Å². The molecule has 3 fully saturated rings. The lowest BCUT2D eigenvalue weighted by atomic mass is 9.92. The minimum absolute atomic E-state index is 0.189. The highest BCUT2D eigenvalue weighted by molar-refractivity contribution is 5.78. The maximum absolute atomic E-state index is 12.5. The first-order chi connectivity index (χ1) is 14.2. The zero-order chi connectivity index (χ0) is 20.1. The number of hydrogen-bond acceptors (Lipinski definition) is 4. The number of aryl methyl sites for hydroxylation is 1. The smallest absolute Gasteiger partial charge is 0.223 e. The highest BCUT2D eigenvalue weighted by Crippen LogP contribution is 2.25. The molecule has 0 aromatic heterocycles. The summed E-state index contributed by atoms with van der Waals surface area (Å²) in [5.74, 6) is 0.432. The molecule has 4 rings (SSSR count). The van der Waals surface area contributed by atoms with E-state index < -0.39 is 0 Å². The Labute approximate surface area is 175 Å². The summed E-state index contributed by atoms with van der Waals surface area (Å²) in [7, 11) is 0. The zero-order valence-electron chi connectivity index (χ0n) is 17.9. The molecule has 5 nitrogen and oxygen atoms in total. The summed E-state index contributed by atoms with van der Waals surface area (Å²) in [4.78, 5) is 17.7. The molecule has 5 heteroatoms. The molecule has 1 amide bonds. The Morgan fingerprint density at radius 1 is 1.07 bits per heavy atom. The van der Waals surface area contributed by atoms with Crippen molar-refractivity contribution in [1.82, 2.24) is 15.1 Å². The minimum Gasteiger partial charge on any atom is -0.376 e. The van der Waals surface area contributed by atoms with Gasteiger partial charge in [-0.1, -0.05) is 24.3 Å². The largest absolute Gasteiger partial charge is 0.376 e. The molecule has 0 aliphatic carbocycles. The number of rotatable bonds is 6. The Bertz CT molecular complexity index is 658. The second-order valence-corrected chi connectivity index (χ2v) is 9.12. The molecule has 3 aliphatic heterocycles. The summed E-state index contributed by atoms with van der Waals surface area (Å²) < 4.78 is 5.61. The van der Waals surface area contributed by atoms with Crippen LogP contribution in [0.25, 0.3) is 0 Å². The summed E-state index contributed by atoms with van der Waals surface area (Å²) in [6.07, 6.45) is 6.96. The maximum atomic E-state index is 12.5.